The van der Waals surface area contributed by atoms with Gasteiger partial charge in [-0.2, -0.15) is 0 Å². The molecule has 1 saturated carbocycles. The molecule has 0 saturated heterocycles. The Bertz CT molecular complexity index is 3260. The van der Waals surface area contributed by atoms with E-state index in [4.69, 9.17) is 30.5 Å². The molecule has 0 spiro atoms. The van der Waals surface area contributed by atoms with Crippen molar-refractivity contribution in [2.24, 2.45) is 0 Å². The Labute approximate surface area is 365 Å². The Morgan fingerprint density at radius 1 is 0.673 bits per heavy atom. The molecule has 0 aliphatic heterocycles. The number of nitrogens with zero attached hydrogens (tertiary/aromatic N) is 3. The van der Waals surface area contributed by atoms with E-state index in [1.807, 2.05) is 0 Å². The molecule has 277 valence electrons. The molecule has 1 aliphatic rings. The summed E-state index contributed by atoms with van der Waals surface area (Å²) < 4.78 is 158. The van der Waals surface area contributed by atoms with Crippen molar-refractivity contribution >= 4 is 22.1 Å². The summed E-state index contributed by atoms with van der Waals surface area (Å²) in [6.45, 7) is -15.1. The summed E-state index contributed by atoms with van der Waals surface area (Å²) in [6, 6.07) is 30.7. The monoisotopic (exact) mass is 915 g/mol. The van der Waals surface area contributed by atoms with Gasteiger partial charge in [-0.05, 0) is 127 Å². The first-order valence-electron chi connectivity index (χ1n) is 26.9. The summed E-state index contributed by atoms with van der Waals surface area (Å²) in [7, 11) is 0. The number of hydrogen-bond donors (Lipinski definition) is 0. The molecule has 0 bridgehead atoms. The van der Waals surface area contributed by atoms with Crippen LogP contribution in [-0.4, -0.2) is 15.0 Å². The molecule has 4 nitrogen and oxygen atoms in total. The Balaban J connectivity index is 0.000000320. The third-order valence-electron chi connectivity index (χ3n) is 9.57. The first kappa shape index (κ1) is 21.2. The third-order valence-corrected chi connectivity index (χ3v) is 9.57. The SMILES string of the molecule is [2H]C([2H])([2H])c1c[c-]c(-c2ccc(C([2H])([2H])[2H])cn2)cc1.[2H]C([2H])([2H])c1ccc2c(n1)oc1c(-c3cc(-c4cc(C([2H])([2H])[2H])c(-c5ccc(C6([2H])CCCC6)cc5)cc4C([2H])([2H])[2H])c(C([2H])([2H])[2H])cn3)[c-]ccc12.[Ir]. The van der Waals surface area contributed by atoms with Gasteiger partial charge in [0.25, 0.3) is 0 Å². The molecule has 1 fully saturated rings. The zero-order valence-electron chi connectivity index (χ0n) is 48.3. The number of rotatable bonds is 5. The van der Waals surface area contributed by atoms with Crippen LogP contribution in [0.4, 0.5) is 0 Å². The standard InChI is InChI=1S/C37H33N2O.C13H12N.Ir/c1-22-19-33(23(2)18-32(22)28-15-13-27(14-16-28)26-8-5-6-9-26)34-20-35(38-21-24(34)3)31-11-7-10-29-30-17-12-25(4)39-37(30)40-36(29)31;1-10-3-6-12(7-4-10)13-8-5-11(2)9-14-13;/h7,10,12-21,26H,5-6,8-9H2,1-4H3;3-6,8-9H,1-2H3;/q2*-1;/i1D3,2D3,3D3,4D3,26D;1D3,2D3;. The molecule has 0 N–H and O–H groups in total. The van der Waals surface area contributed by atoms with E-state index in [1.165, 1.54) is 48.7 Å². The second-order valence-corrected chi connectivity index (χ2v) is 13.1. The van der Waals surface area contributed by atoms with Crippen LogP contribution in [0.1, 0.15) is 96.7 Å². The van der Waals surface area contributed by atoms with E-state index >= 15 is 0 Å². The molecule has 1 aliphatic carbocycles. The van der Waals surface area contributed by atoms with Crippen molar-refractivity contribution in [3.05, 3.63) is 161 Å². The molecular weight excluding hydrogens is 851 g/mol. The summed E-state index contributed by atoms with van der Waals surface area (Å²) in [6.07, 6.45) is 5.74. The Hall–Kier alpha value is -5.22. The van der Waals surface area contributed by atoms with E-state index in [9.17, 15) is 0 Å². The number of fused-ring (bicyclic) bond motifs is 3. The van der Waals surface area contributed by atoms with Gasteiger partial charge in [0, 0.05) is 69.6 Å². The number of pyridine rings is 3. The molecule has 0 unspecified atom stereocenters. The Kier molecular flexibility index (Phi) is 6.26. The van der Waals surface area contributed by atoms with Gasteiger partial charge in [0.05, 0.1) is 5.58 Å². The fraction of sp³-hybridized carbons (Fsp3) is 0.220. The van der Waals surface area contributed by atoms with Crippen molar-refractivity contribution in [1.82, 2.24) is 15.0 Å². The largest absolute Gasteiger partial charge is 0.486 e. The number of hydrogen-bond acceptors (Lipinski definition) is 4. The molecular formula is C50H45IrN3O-2. The van der Waals surface area contributed by atoms with Crippen molar-refractivity contribution < 1.29 is 50.6 Å². The van der Waals surface area contributed by atoms with E-state index in [2.05, 4.69) is 27.1 Å². The minimum atomic E-state index is -2.81. The van der Waals surface area contributed by atoms with Crippen molar-refractivity contribution in [1.29, 1.82) is 0 Å². The maximum absolute atomic E-state index is 8.88. The van der Waals surface area contributed by atoms with E-state index in [0.29, 0.717) is 27.6 Å². The molecule has 0 atom stereocenters. The number of furan rings is 1. The van der Waals surface area contributed by atoms with Gasteiger partial charge in [0.15, 0.2) is 0 Å². The van der Waals surface area contributed by atoms with Crippen LogP contribution in [-0.2, 0) is 20.1 Å². The van der Waals surface area contributed by atoms with Gasteiger partial charge >= 0.3 is 0 Å². The molecule has 4 heterocycles. The normalized spacial score (nSPS) is 19.8. The molecule has 55 heavy (non-hydrogen) atoms. The van der Waals surface area contributed by atoms with Crippen LogP contribution in [0.3, 0.4) is 0 Å². The zero-order valence-corrected chi connectivity index (χ0v) is 31.7. The predicted molar refractivity (Wildman–Crippen MR) is 223 cm³/mol. The Morgan fingerprint density at radius 2 is 1.44 bits per heavy atom. The van der Waals surface area contributed by atoms with Gasteiger partial charge in [0.1, 0.15) is 0 Å². The van der Waals surface area contributed by atoms with Gasteiger partial charge in [-0.3, -0.25) is 0 Å². The second kappa shape index (κ2) is 16.3. The van der Waals surface area contributed by atoms with Crippen LogP contribution in [0.5, 0.6) is 0 Å². The van der Waals surface area contributed by atoms with E-state index in [1.54, 1.807) is 54.6 Å². The fourth-order valence-corrected chi connectivity index (χ4v) is 6.80. The summed E-state index contributed by atoms with van der Waals surface area (Å²) in [5.41, 5.74) is 2.63. The van der Waals surface area contributed by atoms with Crippen LogP contribution in [0, 0.1) is 53.2 Å². The van der Waals surface area contributed by atoms with Crippen LogP contribution in [0.15, 0.2) is 114 Å². The number of aromatic nitrogens is 3. The predicted octanol–water partition coefficient (Wildman–Crippen LogP) is 13.2. The van der Waals surface area contributed by atoms with Gasteiger partial charge < -0.3 is 14.4 Å². The first-order valence-corrected chi connectivity index (χ1v) is 17.4. The molecule has 0 amide bonds. The van der Waals surface area contributed by atoms with Crippen LogP contribution < -0.4 is 0 Å². The van der Waals surface area contributed by atoms with Crippen molar-refractivity contribution in [3.63, 3.8) is 0 Å². The molecule has 9 rings (SSSR count). The van der Waals surface area contributed by atoms with E-state index in [-0.39, 0.29) is 92.9 Å². The van der Waals surface area contributed by atoms with E-state index in [0.717, 1.165) is 37.4 Å². The van der Waals surface area contributed by atoms with Gasteiger partial charge in [-0.25, -0.2) is 4.98 Å². The van der Waals surface area contributed by atoms with Gasteiger partial charge in [0.2, 0.25) is 5.71 Å². The third kappa shape index (κ3) is 7.96. The van der Waals surface area contributed by atoms with Crippen LogP contribution >= 0.6 is 0 Å². The zero-order chi connectivity index (χ0) is 53.3. The molecule has 1 radical (unpaired) electrons. The molecule has 8 aromatic rings. The molecule has 4 aromatic carbocycles. The second-order valence-electron chi connectivity index (χ2n) is 13.1. The molecule has 5 heteroatoms. The van der Waals surface area contributed by atoms with Crippen molar-refractivity contribution in [2.45, 2.75) is 72.7 Å². The number of benzene rings is 4. The first-order chi connectivity index (χ1) is 33.8. The summed E-state index contributed by atoms with van der Waals surface area (Å²) in [5.74, 6) is -0.731. The maximum atomic E-state index is 8.88. The molecule has 4 aromatic heterocycles. The van der Waals surface area contributed by atoms with Crippen molar-refractivity contribution in [2.75, 3.05) is 0 Å². The van der Waals surface area contributed by atoms with Crippen LogP contribution in [0.25, 0.3) is 66.8 Å². The Morgan fingerprint density at radius 3 is 2.16 bits per heavy atom. The maximum Gasteiger partial charge on any atom is 0.216 e. The number of aryl methyl sites for hydroxylation is 6. The fourth-order valence-electron chi connectivity index (χ4n) is 6.80. The summed E-state index contributed by atoms with van der Waals surface area (Å²) in [4.78, 5) is 12.7. The van der Waals surface area contributed by atoms with E-state index < -0.39 is 47.0 Å². The quantitative estimate of drug-likeness (QED) is 0.161. The average Bonchev–Trinajstić information content (AvgIpc) is 3.93. The minimum absolute atomic E-state index is 0. The summed E-state index contributed by atoms with van der Waals surface area (Å²) in [5, 5.41) is 1.09. The average molecular weight is 915 g/mol. The summed E-state index contributed by atoms with van der Waals surface area (Å²) >= 11 is 0. The topological polar surface area (TPSA) is 51.8 Å². The minimum Gasteiger partial charge on any atom is -0.486 e. The smallest absolute Gasteiger partial charge is 0.216 e. The van der Waals surface area contributed by atoms with Crippen molar-refractivity contribution in [3.8, 4) is 44.8 Å². The van der Waals surface area contributed by atoms with Crippen LogP contribution in [0.2, 0.25) is 0 Å². The van der Waals surface area contributed by atoms with Gasteiger partial charge in [-0.1, -0.05) is 85.2 Å². The van der Waals surface area contributed by atoms with Gasteiger partial charge in [-0.15, -0.1) is 53.6 Å².